The van der Waals surface area contributed by atoms with E-state index in [0.29, 0.717) is 17.5 Å². The number of nitrogens with zero attached hydrogens (tertiary/aromatic N) is 4. The van der Waals surface area contributed by atoms with Gasteiger partial charge in [0.1, 0.15) is 0 Å². The molecule has 0 aliphatic carbocycles. The monoisotopic (exact) mass is 702 g/mol. The molecule has 0 amide bonds. The quantitative estimate of drug-likeness (QED) is 0.166. The Labute approximate surface area is 319 Å². The molecule has 0 fully saturated rings. The fourth-order valence-corrected chi connectivity index (χ4v) is 7.50. The van der Waals surface area contributed by atoms with E-state index in [-0.39, 0.29) is 0 Å². The lowest BCUT2D eigenvalue weighted by Gasteiger charge is -2.12. The minimum atomic E-state index is 0.623. The highest BCUT2D eigenvalue weighted by atomic mass is 15.0. The molecular weight excluding hydrogens is 669 g/mol. The molecule has 0 N–H and O–H groups in total. The van der Waals surface area contributed by atoms with Crippen LogP contribution in [-0.2, 0) is 0 Å². The minimum absolute atomic E-state index is 0.623. The molecule has 0 aliphatic rings. The SMILES string of the molecule is c1ccc(-c2ccc(-c3nc(-c4ccccc4)nc(-c4ccc5c6cc(-c7ccccc7)ccc6n(-c6cccc(-c7ccccc7)c6)c5c4)n3)cc2)cc1. The van der Waals surface area contributed by atoms with E-state index >= 15 is 0 Å². The van der Waals surface area contributed by atoms with Gasteiger partial charge < -0.3 is 4.57 Å². The number of hydrogen-bond acceptors (Lipinski definition) is 3. The molecule has 2 heterocycles. The molecular formula is C51H34N4. The molecule has 10 aromatic rings. The molecule has 4 heteroatoms. The van der Waals surface area contributed by atoms with Gasteiger partial charge in [-0.2, -0.15) is 0 Å². The third-order valence-corrected chi connectivity index (χ3v) is 10.3. The number of fused-ring (bicyclic) bond motifs is 3. The molecule has 0 saturated heterocycles. The van der Waals surface area contributed by atoms with Gasteiger partial charge in [-0.25, -0.2) is 15.0 Å². The molecule has 0 unspecified atom stereocenters. The summed E-state index contributed by atoms with van der Waals surface area (Å²) in [4.78, 5) is 15.3. The standard InChI is InChI=1S/C51H34N4/c1-5-14-35(15-6-1)38-24-26-40(27-25-38)50-52-49(39-20-11-4-12-21-39)53-51(54-50)43-28-30-45-46-33-42(37-18-9-3-10-19-37)29-31-47(46)55(48(45)34-43)44-23-13-22-41(32-44)36-16-7-2-8-17-36/h1-34H. The van der Waals surface area contributed by atoms with E-state index in [1.54, 1.807) is 0 Å². The van der Waals surface area contributed by atoms with Gasteiger partial charge >= 0.3 is 0 Å². The molecule has 0 aliphatic heterocycles. The first kappa shape index (κ1) is 32.2. The van der Waals surface area contributed by atoms with Crippen molar-refractivity contribution in [2.75, 3.05) is 0 Å². The minimum Gasteiger partial charge on any atom is -0.309 e. The zero-order chi connectivity index (χ0) is 36.6. The van der Waals surface area contributed by atoms with Crippen molar-refractivity contribution in [3.63, 3.8) is 0 Å². The van der Waals surface area contributed by atoms with Crippen LogP contribution in [0.4, 0.5) is 0 Å². The first-order valence-corrected chi connectivity index (χ1v) is 18.5. The number of aromatic nitrogens is 4. The van der Waals surface area contributed by atoms with Crippen molar-refractivity contribution in [3.8, 4) is 73.2 Å². The van der Waals surface area contributed by atoms with Gasteiger partial charge in [0.25, 0.3) is 0 Å². The average molecular weight is 703 g/mol. The molecule has 0 radical (unpaired) electrons. The Hall–Kier alpha value is -7.43. The normalized spacial score (nSPS) is 11.3. The largest absolute Gasteiger partial charge is 0.309 e. The zero-order valence-corrected chi connectivity index (χ0v) is 29.9. The van der Waals surface area contributed by atoms with Crippen LogP contribution >= 0.6 is 0 Å². The van der Waals surface area contributed by atoms with Gasteiger partial charge in [-0.3, -0.25) is 0 Å². The van der Waals surface area contributed by atoms with Crippen LogP contribution in [0.1, 0.15) is 0 Å². The predicted molar refractivity (Wildman–Crippen MR) is 227 cm³/mol. The Bertz CT molecular complexity index is 2940. The highest BCUT2D eigenvalue weighted by Crippen LogP contribution is 2.38. The molecule has 0 saturated carbocycles. The third kappa shape index (κ3) is 6.16. The molecule has 258 valence electrons. The Balaban J connectivity index is 1.16. The van der Waals surface area contributed by atoms with E-state index in [1.165, 1.54) is 27.6 Å². The molecule has 0 bridgehead atoms. The second-order valence-corrected chi connectivity index (χ2v) is 13.7. The first-order chi connectivity index (χ1) is 27.2. The maximum absolute atomic E-state index is 5.14. The number of hydrogen-bond donors (Lipinski definition) is 0. The van der Waals surface area contributed by atoms with Crippen LogP contribution in [0.3, 0.4) is 0 Å². The highest BCUT2D eigenvalue weighted by Gasteiger charge is 2.18. The molecule has 10 rings (SSSR count). The van der Waals surface area contributed by atoms with Crippen molar-refractivity contribution in [1.82, 2.24) is 19.5 Å². The van der Waals surface area contributed by atoms with Gasteiger partial charge in [-0.05, 0) is 63.7 Å². The second kappa shape index (κ2) is 13.8. The maximum Gasteiger partial charge on any atom is 0.164 e. The molecule has 0 atom stereocenters. The summed E-state index contributed by atoms with van der Waals surface area (Å²) in [6.45, 7) is 0. The second-order valence-electron chi connectivity index (χ2n) is 13.7. The third-order valence-electron chi connectivity index (χ3n) is 10.3. The summed E-state index contributed by atoms with van der Waals surface area (Å²) < 4.78 is 2.37. The zero-order valence-electron chi connectivity index (χ0n) is 29.9. The highest BCUT2D eigenvalue weighted by molar-refractivity contribution is 6.11. The number of rotatable bonds is 7. The topological polar surface area (TPSA) is 43.6 Å². The number of benzene rings is 8. The van der Waals surface area contributed by atoms with Crippen molar-refractivity contribution < 1.29 is 0 Å². The van der Waals surface area contributed by atoms with Crippen LogP contribution in [0.2, 0.25) is 0 Å². The summed E-state index contributed by atoms with van der Waals surface area (Å²) in [5.41, 5.74) is 13.1. The van der Waals surface area contributed by atoms with Crippen molar-refractivity contribution in [1.29, 1.82) is 0 Å². The van der Waals surface area contributed by atoms with Crippen LogP contribution in [-0.4, -0.2) is 19.5 Å². The lowest BCUT2D eigenvalue weighted by Crippen LogP contribution is -2.00. The Kier molecular flexibility index (Phi) is 8.12. The lowest BCUT2D eigenvalue weighted by molar-refractivity contribution is 1.07. The van der Waals surface area contributed by atoms with Crippen LogP contribution < -0.4 is 0 Å². The molecule has 8 aromatic carbocycles. The van der Waals surface area contributed by atoms with E-state index in [2.05, 4.69) is 174 Å². The summed E-state index contributed by atoms with van der Waals surface area (Å²) >= 11 is 0. The van der Waals surface area contributed by atoms with Crippen LogP contribution in [0.25, 0.3) is 95.0 Å². The van der Waals surface area contributed by atoms with E-state index in [9.17, 15) is 0 Å². The van der Waals surface area contributed by atoms with Gasteiger partial charge in [-0.15, -0.1) is 0 Å². The molecule has 2 aromatic heterocycles. The molecule has 4 nitrogen and oxygen atoms in total. The molecule has 0 spiro atoms. The first-order valence-electron chi connectivity index (χ1n) is 18.5. The van der Waals surface area contributed by atoms with E-state index < -0.39 is 0 Å². The van der Waals surface area contributed by atoms with Crippen molar-refractivity contribution in [3.05, 3.63) is 206 Å². The van der Waals surface area contributed by atoms with Gasteiger partial charge in [0.2, 0.25) is 0 Å². The lowest BCUT2D eigenvalue weighted by atomic mass is 10.0. The van der Waals surface area contributed by atoms with Gasteiger partial charge in [0.05, 0.1) is 11.0 Å². The Morgan fingerprint density at radius 1 is 0.255 bits per heavy atom. The summed E-state index contributed by atoms with van der Waals surface area (Å²) in [6, 6.07) is 72.3. The smallest absolute Gasteiger partial charge is 0.164 e. The van der Waals surface area contributed by atoms with E-state index in [4.69, 9.17) is 15.0 Å². The maximum atomic E-state index is 5.14. The van der Waals surface area contributed by atoms with E-state index in [0.717, 1.165) is 49.9 Å². The fraction of sp³-hybridized carbons (Fsp3) is 0. The van der Waals surface area contributed by atoms with Gasteiger partial charge in [0, 0.05) is 33.2 Å². The van der Waals surface area contributed by atoms with Crippen LogP contribution in [0.15, 0.2) is 206 Å². The fourth-order valence-electron chi connectivity index (χ4n) is 7.50. The van der Waals surface area contributed by atoms with Gasteiger partial charge in [-0.1, -0.05) is 176 Å². The van der Waals surface area contributed by atoms with Crippen molar-refractivity contribution in [2.24, 2.45) is 0 Å². The van der Waals surface area contributed by atoms with Crippen molar-refractivity contribution in [2.45, 2.75) is 0 Å². The summed E-state index contributed by atoms with van der Waals surface area (Å²) in [5, 5.41) is 2.35. The Morgan fingerprint density at radius 3 is 1.27 bits per heavy atom. The van der Waals surface area contributed by atoms with Crippen molar-refractivity contribution >= 4 is 21.8 Å². The van der Waals surface area contributed by atoms with Gasteiger partial charge in [0.15, 0.2) is 17.5 Å². The summed E-state index contributed by atoms with van der Waals surface area (Å²) in [5.74, 6) is 1.89. The predicted octanol–water partition coefficient (Wildman–Crippen LogP) is 13.0. The molecule has 55 heavy (non-hydrogen) atoms. The van der Waals surface area contributed by atoms with Crippen LogP contribution in [0.5, 0.6) is 0 Å². The van der Waals surface area contributed by atoms with E-state index in [1.807, 2.05) is 36.4 Å². The Morgan fingerprint density at radius 2 is 0.673 bits per heavy atom. The van der Waals surface area contributed by atoms with Crippen LogP contribution in [0, 0.1) is 0 Å². The summed E-state index contributed by atoms with van der Waals surface area (Å²) in [7, 11) is 0. The summed E-state index contributed by atoms with van der Waals surface area (Å²) in [6.07, 6.45) is 0. The average Bonchev–Trinajstić information content (AvgIpc) is 3.60.